The van der Waals surface area contributed by atoms with Gasteiger partial charge in [-0.3, -0.25) is 0 Å². The predicted octanol–water partition coefficient (Wildman–Crippen LogP) is 1.46. The quantitative estimate of drug-likeness (QED) is 0.746. The van der Waals surface area contributed by atoms with Gasteiger partial charge < -0.3 is 15.4 Å². The molecule has 2 aromatic rings. The number of carboxylic acids is 1. The number of anilines is 1. The maximum absolute atomic E-state index is 10.7. The second kappa shape index (κ2) is 3.69. The highest BCUT2D eigenvalue weighted by Gasteiger charge is 2.08. The molecule has 0 unspecified atom stereocenters. The number of nitrogens with zero attached hydrogens (tertiary/aromatic N) is 2. The molecule has 0 aliphatic rings. The summed E-state index contributed by atoms with van der Waals surface area (Å²) in [7, 11) is 0. The van der Waals surface area contributed by atoms with Crippen LogP contribution in [0.2, 0.25) is 0 Å². The fourth-order valence-electron chi connectivity index (χ4n) is 1.54. The van der Waals surface area contributed by atoms with Crippen LogP contribution in [0.5, 0.6) is 0 Å². The van der Waals surface area contributed by atoms with Crippen molar-refractivity contribution >= 4 is 11.7 Å². The Hall–Kier alpha value is -2.30. The van der Waals surface area contributed by atoms with E-state index in [2.05, 4.69) is 4.98 Å². The first kappa shape index (κ1) is 10.2. The average molecular weight is 217 g/mol. The van der Waals surface area contributed by atoms with E-state index in [1.165, 1.54) is 12.1 Å². The van der Waals surface area contributed by atoms with E-state index in [1.807, 2.05) is 6.92 Å². The fraction of sp³-hybridized carbons (Fsp3) is 0.0909. The number of aromatic nitrogens is 2. The molecule has 82 valence electrons. The highest BCUT2D eigenvalue weighted by molar-refractivity contribution is 5.89. The molecule has 3 N–H and O–H groups in total. The minimum absolute atomic E-state index is 0.180. The van der Waals surface area contributed by atoms with Gasteiger partial charge >= 0.3 is 5.97 Å². The molecule has 0 saturated heterocycles. The summed E-state index contributed by atoms with van der Waals surface area (Å²) in [5.41, 5.74) is 7.14. The number of carboxylic acid groups (broad SMARTS) is 1. The van der Waals surface area contributed by atoms with Crippen LogP contribution in [-0.4, -0.2) is 20.6 Å². The van der Waals surface area contributed by atoms with Crippen LogP contribution in [0.1, 0.15) is 16.2 Å². The molecule has 0 fully saturated rings. The maximum Gasteiger partial charge on any atom is 0.335 e. The first-order chi connectivity index (χ1) is 7.59. The number of imidazole rings is 1. The number of aromatic carboxylic acids is 1. The molecule has 1 heterocycles. The summed E-state index contributed by atoms with van der Waals surface area (Å²) in [6.07, 6.45) is 3.45. The van der Waals surface area contributed by atoms with Crippen LogP contribution in [-0.2, 0) is 0 Å². The van der Waals surface area contributed by atoms with E-state index in [4.69, 9.17) is 10.8 Å². The normalized spacial score (nSPS) is 10.3. The van der Waals surface area contributed by atoms with Gasteiger partial charge in [-0.05, 0) is 25.1 Å². The predicted molar refractivity (Wildman–Crippen MR) is 59.7 cm³/mol. The van der Waals surface area contributed by atoms with Gasteiger partial charge in [0.25, 0.3) is 0 Å². The summed E-state index contributed by atoms with van der Waals surface area (Å²) in [6.45, 7) is 1.85. The largest absolute Gasteiger partial charge is 0.478 e. The number of hydrogen-bond acceptors (Lipinski definition) is 3. The zero-order valence-electron chi connectivity index (χ0n) is 8.71. The lowest BCUT2D eigenvalue weighted by molar-refractivity contribution is 0.0697. The van der Waals surface area contributed by atoms with Crippen LogP contribution in [0.4, 0.5) is 5.69 Å². The Kier molecular flexibility index (Phi) is 2.36. The van der Waals surface area contributed by atoms with Gasteiger partial charge in [0, 0.05) is 12.4 Å². The molecule has 0 amide bonds. The zero-order valence-corrected chi connectivity index (χ0v) is 8.71. The number of aryl methyl sites for hydroxylation is 1. The Labute approximate surface area is 92.2 Å². The summed E-state index contributed by atoms with van der Waals surface area (Å²) < 4.78 is 1.81. The Morgan fingerprint density at radius 2 is 2.25 bits per heavy atom. The lowest BCUT2D eigenvalue weighted by Crippen LogP contribution is -2.04. The smallest absolute Gasteiger partial charge is 0.335 e. The van der Waals surface area contributed by atoms with E-state index >= 15 is 0 Å². The SMILES string of the molecule is Cc1nccn1-c1ccc(C(=O)O)cc1N. The number of hydrogen-bond donors (Lipinski definition) is 2. The van der Waals surface area contributed by atoms with Gasteiger partial charge in [0.2, 0.25) is 0 Å². The molecule has 5 nitrogen and oxygen atoms in total. The Morgan fingerprint density at radius 1 is 1.50 bits per heavy atom. The van der Waals surface area contributed by atoms with Gasteiger partial charge in [-0.2, -0.15) is 0 Å². The van der Waals surface area contributed by atoms with Crippen molar-refractivity contribution < 1.29 is 9.90 Å². The first-order valence-electron chi connectivity index (χ1n) is 4.72. The van der Waals surface area contributed by atoms with E-state index in [-0.39, 0.29) is 5.56 Å². The van der Waals surface area contributed by atoms with Crippen molar-refractivity contribution in [2.24, 2.45) is 0 Å². The third kappa shape index (κ3) is 1.63. The van der Waals surface area contributed by atoms with E-state index in [0.29, 0.717) is 5.69 Å². The van der Waals surface area contributed by atoms with Crippen LogP contribution < -0.4 is 5.73 Å². The van der Waals surface area contributed by atoms with E-state index in [0.717, 1.165) is 11.5 Å². The van der Waals surface area contributed by atoms with Crippen LogP contribution in [0.25, 0.3) is 5.69 Å². The van der Waals surface area contributed by atoms with Crippen LogP contribution in [0.15, 0.2) is 30.6 Å². The zero-order chi connectivity index (χ0) is 11.7. The molecule has 2 rings (SSSR count). The van der Waals surface area contributed by atoms with E-state index < -0.39 is 5.97 Å². The van der Waals surface area contributed by atoms with Gasteiger partial charge in [0.15, 0.2) is 0 Å². The molecule has 0 atom stereocenters. The van der Waals surface area contributed by atoms with Gasteiger partial charge in [-0.25, -0.2) is 9.78 Å². The molecule has 0 aliphatic carbocycles. The van der Waals surface area contributed by atoms with Crippen molar-refractivity contribution in [2.75, 3.05) is 5.73 Å². The second-order valence-electron chi connectivity index (χ2n) is 3.42. The maximum atomic E-state index is 10.7. The third-order valence-corrected chi connectivity index (χ3v) is 2.36. The molecule has 0 aliphatic heterocycles. The molecule has 1 aromatic carbocycles. The van der Waals surface area contributed by atoms with Crippen molar-refractivity contribution in [3.8, 4) is 5.69 Å². The molecule has 0 bridgehead atoms. The molecule has 0 radical (unpaired) electrons. The molecule has 16 heavy (non-hydrogen) atoms. The number of benzene rings is 1. The van der Waals surface area contributed by atoms with Gasteiger partial charge in [-0.15, -0.1) is 0 Å². The third-order valence-electron chi connectivity index (χ3n) is 2.36. The van der Waals surface area contributed by atoms with Crippen molar-refractivity contribution in [1.82, 2.24) is 9.55 Å². The molecule has 5 heteroatoms. The van der Waals surface area contributed by atoms with Crippen molar-refractivity contribution in [2.45, 2.75) is 6.92 Å². The van der Waals surface area contributed by atoms with Crippen molar-refractivity contribution in [3.05, 3.63) is 42.0 Å². The number of nitrogen functional groups attached to an aromatic ring is 1. The molecule has 1 aromatic heterocycles. The molecular weight excluding hydrogens is 206 g/mol. The first-order valence-corrected chi connectivity index (χ1v) is 4.72. The molecule has 0 spiro atoms. The van der Waals surface area contributed by atoms with Gasteiger partial charge in [-0.1, -0.05) is 0 Å². The summed E-state index contributed by atoms with van der Waals surface area (Å²) in [4.78, 5) is 14.8. The molecular formula is C11H11N3O2. The number of nitrogens with two attached hydrogens (primary N) is 1. The van der Waals surface area contributed by atoms with Crippen LogP contribution in [0.3, 0.4) is 0 Å². The highest BCUT2D eigenvalue weighted by atomic mass is 16.4. The lowest BCUT2D eigenvalue weighted by Gasteiger charge is -2.09. The average Bonchev–Trinajstić information content (AvgIpc) is 2.64. The van der Waals surface area contributed by atoms with Crippen LogP contribution >= 0.6 is 0 Å². The monoisotopic (exact) mass is 217 g/mol. The van der Waals surface area contributed by atoms with Gasteiger partial charge in [0.1, 0.15) is 5.82 Å². The summed E-state index contributed by atoms with van der Waals surface area (Å²) >= 11 is 0. The lowest BCUT2D eigenvalue weighted by atomic mass is 10.1. The topological polar surface area (TPSA) is 81.1 Å². The minimum Gasteiger partial charge on any atom is -0.478 e. The Bertz CT molecular complexity index is 546. The van der Waals surface area contributed by atoms with E-state index in [9.17, 15) is 4.79 Å². The van der Waals surface area contributed by atoms with Crippen molar-refractivity contribution in [1.29, 1.82) is 0 Å². The number of rotatable bonds is 2. The second-order valence-corrected chi connectivity index (χ2v) is 3.42. The standard InChI is InChI=1S/C11H11N3O2/c1-7-13-4-5-14(7)10-3-2-8(11(15)16)6-9(10)12/h2-6H,12H2,1H3,(H,15,16). The van der Waals surface area contributed by atoms with Crippen LogP contribution in [0, 0.1) is 6.92 Å². The molecule has 0 saturated carbocycles. The Morgan fingerprint density at radius 3 is 2.75 bits per heavy atom. The summed E-state index contributed by atoms with van der Waals surface area (Å²) in [5, 5.41) is 8.81. The summed E-state index contributed by atoms with van der Waals surface area (Å²) in [6, 6.07) is 4.64. The minimum atomic E-state index is -0.986. The van der Waals surface area contributed by atoms with Crippen molar-refractivity contribution in [3.63, 3.8) is 0 Å². The summed E-state index contributed by atoms with van der Waals surface area (Å²) in [5.74, 6) is -0.185. The van der Waals surface area contributed by atoms with E-state index in [1.54, 1.807) is 23.0 Å². The number of carbonyl (C=O) groups is 1. The highest BCUT2D eigenvalue weighted by Crippen LogP contribution is 2.20. The Balaban J connectivity index is 2.52. The fourth-order valence-corrected chi connectivity index (χ4v) is 1.54. The van der Waals surface area contributed by atoms with Gasteiger partial charge in [0.05, 0.1) is 16.9 Å².